The van der Waals surface area contributed by atoms with E-state index >= 15 is 0 Å². The molecule has 4 nitrogen and oxygen atoms in total. The molecule has 0 spiro atoms. The van der Waals surface area contributed by atoms with E-state index in [9.17, 15) is 12.8 Å². The van der Waals surface area contributed by atoms with Crippen LogP contribution in [0.4, 0.5) is 4.39 Å². The molecule has 0 aromatic heterocycles. The average Bonchev–Trinajstić information content (AvgIpc) is 3.21. The van der Waals surface area contributed by atoms with Crippen molar-refractivity contribution in [3.05, 3.63) is 29.1 Å². The first-order valence-electron chi connectivity index (χ1n) is 6.93. The molecule has 112 valence electrons. The number of aryl methyl sites for hydroxylation is 1. The van der Waals surface area contributed by atoms with E-state index in [-0.39, 0.29) is 17.0 Å². The lowest BCUT2D eigenvalue weighted by molar-refractivity contribution is 0.570. The van der Waals surface area contributed by atoms with E-state index in [1.165, 1.54) is 25.0 Å². The molecule has 0 unspecified atom stereocenters. The fourth-order valence-corrected chi connectivity index (χ4v) is 3.41. The van der Waals surface area contributed by atoms with E-state index in [1.807, 2.05) is 0 Å². The van der Waals surface area contributed by atoms with Crippen LogP contribution in [0.1, 0.15) is 36.8 Å². The maximum atomic E-state index is 13.7. The molecule has 1 saturated carbocycles. The van der Waals surface area contributed by atoms with Crippen molar-refractivity contribution in [1.82, 2.24) is 4.72 Å². The second-order valence-corrected chi connectivity index (χ2v) is 7.17. The number of hydrogen-bond acceptors (Lipinski definition) is 3. The molecule has 1 aromatic rings. The van der Waals surface area contributed by atoms with Gasteiger partial charge in [0, 0.05) is 18.7 Å². The van der Waals surface area contributed by atoms with Gasteiger partial charge in [-0.05, 0) is 43.4 Å². The van der Waals surface area contributed by atoms with Crippen molar-refractivity contribution in [2.75, 3.05) is 6.54 Å². The van der Waals surface area contributed by atoms with Crippen molar-refractivity contribution in [2.45, 2.75) is 44.0 Å². The van der Waals surface area contributed by atoms with Gasteiger partial charge in [0.2, 0.25) is 10.0 Å². The zero-order valence-electron chi connectivity index (χ0n) is 11.7. The Bertz CT molecular complexity index is 583. The second-order valence-electron chi connectivity index (χ2n) is 5.40. The Balaban J connectivity index is 2.05. The summed E-state index contributed by atoms with van der Waals surface area (Å²) in [5.74, 6) is 0.358. The number of rotatable bonds is 7. The molecule has 0 radical (unpaired) electrons. The van der Waals surface area contributed by atoms with Crippen molar-refractivity contribution >= 4 is 10.0 Å². The Morgan fingerprint density at radius 1 is 1.40 bits per heavy atom. The van der Waals surface area contributed by atoms with Gasteiger partial charge in [0.05, 0.1) is 4.90 Å². The molecule has 1 fully saturated rings. The lowest BCUT2D eigenvalue weighted by Crippen LogP contribution is -2.25. The number of sulfonamides is 1. The number of nitrogens with one attached hydrogen (secondary N) is 1. The Morgan fingerprint density at radius 3 is 2.70 bits per heavy atom. The summed E-state index contributed by atoms with van der Waals surface area (Å²) < 4.78 is 40.5. The van der Waals surface area contributed by atoms with Gasteiger partial charge in [-0.3, -0.25) is 0 Å². The fourth-order valence-electron chi connectivity index (χ4n) is 2.20. The van der Waals surface area contributed by atoms with Gasteiger partial charge in [-0.25, -0.2) is 17.5 Å². The predicted molar refractivity (Wildman–Crippen MR) is 76.2 cm³/mol. The molecule has 0 atom stereocenters. The summed E-state index contributed by atoms with van der Waals surface area (Å²) in [4.78, 5) is 0.0864. The van der Waals surface area contributed by atoms with Crippen molar-refractivity contribution in [2.24, 2.45) is 11.7 Å². The standard InChI is InChI=1S/C14H21FN2O2S/c1-10-7-13(8-12(9-16)14(10)15)20(18,19)17-6-2-3-11-4-5-11/h7-8,11,17H,2-6,9,16H2,1H3. The van der Waals surface area contributed by atoms with Gasteiger partial charge in [-0.2, -0.15) is 0 Å². The van der Waals surface area contributed by atoms with E-state index in [2.05, 4.69) is 4.72 Å². The van der Waals surface area contributed by atoms with Crippen LogP contribution in [0.3, 0.4) is 0 Å². The van der Waals surface area contributed by atoms with Crippen LogP contribution in [-0.2, 0) is 16.6 Å². The Labute approximate surface area is 119 Å². The molecule has 0 heterocycles. The molecular formula is C14H21FN2O2S. The number of halogens is 1. The Kier molecular flexibility index (Phi) is 4.78. The highest BCUT2D eigenvalue weighted by Gasteiger charge is 2.21. The second kappa shape index (κ2) is 6.20. The van der Waals surface area contributed by atoms with Crippen LogP contribution in [-0.4, -0.2) is 15.0 Å². The Hall–Kier alpha value is -0.980. The monoisotopic (exact) mass is 300 g/mol. The summed E-state index contributed by atoms with van der Waals surface area (Å²) in [5.41, 5.74) is 5.96. The molecule has 0 amide bonds. The largest absolute Gasteiger partial charge is 0.326 e. The topological polar surface area (TPSA) is 72.2 Å². The van der Waals surface area contributed by atoms with Gasteiger partial charge in [0.1, 0.15) is 5.82 Å². The van der Waals surface area contributed by atoms with Gasteiger partial charge < -0.3 is 5.73 Å². The summed E-state index contributed by atoms with van der Waals surface area (Å²) in [5, 5.41) is 0. The third kappa shape index (κ3) is 3.77. The van der Waals surface area contributed by atoms with Crippen molar-refractivity contribution < 1.29 is 12.8 Å². The first kappa shape index (κ1) is 15.4. The van der Waals surface area contributed by atoms with E-state index in [1.54, 1.807) is 6.92 Å². The predicted octanol–water partition coefficient (Wildman–Crippen LogP) is 2.06. The maximum Gasteiger partial charge on any atom is 0.240 e. The highest BCUT2D eigenvalue weighted by Crippen LogP contribution is 2.33. The molecule has 3 N–H and O–H groups in total. The summed E-state index contributed by atoms with van der Waals surface area (Å²) in [6.07, 6.45) is 4.44. The molecule has 0 aliphatic heterocycles. The van der Waals surface area contributed by atoms with E-state index in [0.717, 1.165) is 18.8 Å². The maximum absolute atomic E-state index is 13.7. The highest BCUT2D eigenvalue weighted by molar-refractivity contribution is 7.89. The summed E-state index contributed by atoms with van der Waals surface area (Å²) in [7, 11) is -3.58. The van der Waals surface area contributed by atoms with Gasteiger partial charge in [-0.15, -0.1) is 0 Å². The fraction of sp³-hybridized carbons (Fsp3) is 0.571. The molecule has 0 saturated heterocycles. The Morgan fingerprint density at radius 2 is 2.10 bits per heavy atom. The van der Waals surface area contributed by atoms with E-state index in [0.29, 0.717) is 12.1 Å². The van der Waals surface area contributed by atoms with Gasteiger partial charge in [0.15, 0.2) is 0 Å². The van der Waals surface area contributed by atoms with E-state index in [4.69, 9.17) is 5.73 Å². The lowest BCUT2D eigenvalue weighted by atomic mass is 10.1. The minimum Gasteiger partial charge on any atom is -0.326 e. The quantitative estimate of drug-likeness (QED) is 0.757. The molecule has 1 aliphatic rings. The summed E-state index contributed by atoms with van der Waals surface area (Å²) in [6.45, 7) is 1.95. The van der Waals surface area contributed by atoms with Gasteiger partial charge in [-0.1, -0.05) is 12.8 Å². The van der Waals surface area contributed by atoms with Crippen LogP contribution < -0.4 is 10.5 Å². The number of hydrogen-bond donors (Lipinski definition) is 2. The molecule has 6 heteroatoms. The van der Waals surface area contributed by atoms with Crippen molar-refractivity contribution in [3.8, 4) is 0 Å². The first-order chi connectivity index (χ1) is 9.44. The minimum atomic E-state index is -3.58. The summed E-state index contributed by atoms with van der Waals surface area (Å²) in [6, 6.07) is 2.66. The smallest absolute Gasteiger partial charge is 0.240 e. The van der Waals surface area contributed by atoms with Crippen LogP contribution in [0.25, 0.3) is 0 Å². The molecule has 0 bridgehead atoms. The van der Waals surface area contributed by atoms with Crippen LogP contribution in [0.2, 0.25) is 0 Å². The molecule has 1 aliphatic carbocycles. The summed E-state index contributed by atoms with van der Waals surface area (Å²) >= 11 is 0. The molecule has 1 aromatic carbocycles. The lowest BCUT2D eigenvalue weighted by Gasteiger charge is -2.10. The number of benzene rings is 1. The third-order valence-corrected chi connectivity index (χ3v) is 5.05. The third-order valence-electron chi connectivity index (χ3n) is 3.61. The van der Waals surface area contributed by atoms with Crippen molar-refractivity contribution in [3.63, 3.8) is 0 Å². The van der Waals surface area contributed by atoms with E-state index < -0.39 is 15.8 Å². The minimum absolute atomic E-state index is 0.0162. The molecular weight excluding hydrogens is 279 g/mol. The molecule has 2 rings (SSSR count). The van der Waals surface area contributed by atoms with Crippen LogP contribution >= 0.6 is 0 Å². The van der Waals surface area contributed by atoms with Crippen LogP contribution in [0.15, 0.2) is 17.0 Å². The zero-order valence-corrected chi connectivity index (χ0v) is 12.5. The SMILES string of the molecule is Cc1cc(S(=O)(=O)NCCCC2CC2)cc(CN)c1F. The van der Waals surface area contributed by atoms with Gasteiger partial charge in [0.25, 0.3) is 0 Å². The van der Waals surface area contributed by atoms with Gasteiger partial charge >= 0.3 is 0 Å². The first-order valence-corrected chi connectivity index (χ1v) is 8.41. The average molecular weight is 300 g/mol. The zero-order chi connectivity index (χ0) is 14.8. The van der Waals surface area contributed by atoms with Crippen molar-refractivity contribution in [1.29, 1.82) is 0 Å². The number of nitrogens with two attached hydrogens (primary N) is 1. The normalized spacial score (nSPS) is 15.6. The highest BCUT2D eigenvalue weighted by atomic mass is 32.2. The van der Waals surface area contributed by atoms with Crippen LogP contribution in [0.5, 0.6) is 0 Å². The molecule has 20 heavy (non-hydrogen) atoms. The van der Waals surface area contributed by atoms with Crippen LogP contribution in [0, 0.1) is 18.7 Å².